The molecule has 0 atom stereocenters. The molecule has 2 aromatic rings. The number of nitrogens with one attached hydrogen (secondary N) is 2. The number of hydrogen-bond donors (Lipinski definition) is 2. The standard InChI is InChI=1S/C13H13BrFN3O2S/c1-2-16-13-6-4-10(8-17-13)21(19,20)18-12-7-9(15)3-5-11(12)14/h3-8,18H,2H2,1H3,(H,16,17). The van der Waals surface area contributed by atoms with Gasteiger partial charge in [-0.15, -0.1) is 0 Å². The van der Waals surface area contributed by atoms with Gasteiger partial charge in [0.1, 0.15) is 16.5 Å². The molecule has 1 heterocycles. The van der Waals surface area contributed by atoms with Crippen molar-refractivity contribution >= 4 is 37.5 Å². The van der Waals surface area contributed by atoms with Crippen LogP contribution in [-0.2, 0) is 10.0 Å². The molecule has 21 heavy (non-hydrogen) atoms. The lowest BCUT2D eigenvalue weighted by Gasteiger charge is -2.10. The third-order valence-corrected chi connectivity index (χ3v) is 4.62. The molecule has 1 aromatic heterocycles. The van der Waals surface area contributed by atoms with Crippen molar-refractivity contribution in [1.29, 1.82) is 0 Å². The van der Waals surface area contributed by atoms with Gasteiger partial charge in [0.25, 0.3) is 10.0 Å². The van der Waals surface area contributed by atoms with Crippen LogP contribution >= 0.6 is 15.9 Å². The number of hydrogen-bond acceptors (Lipinski definition) is 4. The molecular formula is C13H13BrFN3O2S. The molecule has 0 saturated heterocycles. The first kappa shape index (κ1) is 15.7. The first-order valence-electron chi connectivity index (χ1n) is 6.10. The van der Waals surface area contributed by atoms with Gasteiger partial charge in [0, 0.05) is 17.2 Å². The molecule has 0 amide bonds. The molecule has 0 aliphatic rings. The molecular weight excluding hydrogens is 361 g/mol. The lowest BCUT2D eigenvalue weighted by atomic mass is 10.3. The fourth-order valence-corrected chi connectivity index (χ4v) is 3.10. The summed E-state index contributed by atoms with van der Waals surface area (Å²) in [7, 11) is -3.82. The molecule has 0 saturated carbocycles. The highest BCUT2D eigenvalue weighted by atomic mass is 79.9. The summed E-state index contributed by atoms with van der Waals surface area (Å²) in [5, 5.41) is 2.97. The van der Waals surface area contributed by atoms with Crippen LogP contribution in [0.15, 0.2) is 45.9 Å². The van der Waals surface area contributed by atoms with Crippen LogP contribution in [-0.4, -0.2) is 19.9 Å². The number of sulfonamides is 1. The third-order valence-electron chi connectivity index (χ3n) is 2.58. The Morgan fingerprint density at radius 3 is 2.67 bits per heavy atom. The minimum absolute atomic E-state index is 0.000291. The number of aromatic nitrogens is 1. The maximum absolute atomic E-state index is 13.2. The molecule has 0 aliphatic heterocycles. The Balaban J connectivity index is 2.27. The van der Waals surface area contributed by atoms with E-state index in [0.717, 1.165) is 6.07 Å². The fraction of sp³-hybridized carbons (Fsp3) is 0.154. The monoisotopic (exact) mass is 373 g/mol. The highest BCUT2D eigenvalue weighted by Gasteiger charge is 2.16. The van der Waals surface area contributed by atoms with Crippen LogP contribution in [0.5, 0.6) is 0 Å². The van der Waals surface area contributed by atoms with E-state index in [-0.39, 0.29) is 10.6 Å². The van der Waals surface area contributed by atoms with Crippen LogP contribution in [0.1, 0.15) is 6.92 Å². The molecule has 0 spiro atoms. The van der Waals surface area contributed by atoms with Crippen molar-refractivity contribution in [2.24, 2.45) is 0 Å². The summed E-state index contributed by atoms with van der Waals surface area (Å²) in [5.41, 5.74) is 0.130. The predicted octanol–water partition coefficient (Wildman–Crippen LogP) is 3.22. The van der Waals surface area contributed by atoms with Crippen molar-refractivity contribution in [3.8, 4) is 0 Å². The maximum atomic E-state index is 13.2. The SMILES string of the molecule is CCNc1ccc(S(=O)(=O)Nc2cc(F)ccc2Br)cn1. The first-order chi connectivity index (χ1) is 9.92. The van der Waals surface area contributed by atoms with Gasteiger partial charge in [0.2, 0.25) is 0 Å². The smallest absolute Gasteiger partial charge is 0.263 e. The zero-order valence-corrected chi connectivity index (χ0v) is 13.5. The predicted molar refractivity (Wildman–Crippen MR) is 83.3 cm³/mol. The van der Waals surface area contributed by atoms with Crippen molar-refractivity contribution < 1.29 is 12.8 Å². The van der Waals surface area contributed by atoms with Crippen LogP contribution in [0.2, 0.25) is 0 Å². The van der Waals surface area contributed by atoms with Gasteiger partial charge in [-0.2, -0.15) is 0 Å². The summed E-state index contributed by atoms with van der Waals surface area (Å²) in [5.74, 6) is 0.0555. The van der Waals surface area contributed by atoms with Gasteiger partial charge >= 0.3 is 0 Å². The van der Waals surface area contributed by atoms with Crippen molar-refractivity contribution in [2.45, 2.75) is 11.8 Å². The molecule has 0 unspecified atom stereocenters. The van der Waals surface area contributed by atoms with Crippen LogP contribution in [0, 0.1) is 5.82 Å². The van der Waals surface area contributed by atoms with E-state index in [1.165, 1.54) is 24.4 Å². The van der Waals surface area contributed by atoms with E-state index in [4.69, 9.17) is 0 Å². The Bertz CT molecular complexity index is 736. The normalized spacial score (nSPS) is 11.2. The number of rotatable bonds is 5. The van der Waals surface area contributed by atoms with E-state index in [9.17, 15) is 12.8 Å². The molecule has 5 nitrogen and oxygen atoms in total. The van der Waals surface area contributed by atoms with Crippen LogP contribution in [0.25, 0.3) is 0 Å². The zero-order chi connectivity index (χ0) is 15.5. The summed E-state index contributed by atoms with van der Waals surface area (Å²) in [4.78, 5) is 4.00. The molecule has 2 rings (SSSR count). The molecule has 112 valence electrons. The molecule has 8 heteroatoms. The number of benzene rings is 1. The highest BCUT2D eigenvalue weighted by molar-refractivity contribution is 9.10. The van der Waals surface area contributed by atoms with Crippen molar-refractivity contribution in [1.82, 2.24) is 4.98 Å². The fourth-order valence-electron chi connectivity index (χ4n) is 1.60. The lowest BCUT2D eigenvalue weighted by molar-refractivity contribution is 0.600. The highest BCUT2D eigenvalue weighted by Crippen LogP contribution is 2.25. The maximum Gasteiger partial charge on any atom is 0.263 e. The van der Waals surface area contributed by atoms with Gasteiger partial charge in [-0.1, -0.05) is 0 Å². The largest absolute Gasteiger partial charge is 0.370 e. The van der Waals surface area contributed by atoms with Crippen molar-refractivity contribution in [3.05, 3.63) is 46.8 Å². The molecule has 0 bridgehead atoms. The Hall–Kier alpha value is -1.67. The van der Waals surface area contributed by atoms with Crippen LogP contribution in [0.4, 0.5) is 15.9 Å². The minimum atomic E-state index is -3.82. The Labute approximate surface area is 130 Å². The summed E-state index contributed by atoms with van der Waals surface area (Å²) in [6.07, 6.45) is 1.24. The molecule has 0 aliphatic carbocycles. The van der Waals surface area contributed by atoms with E-state index in [2.05, 4.69) is 31.0 Å². The van der Waals surface area contributed by atoms with Gasteiger partial charge in [-0.3, -0.25) is 4.72 Å². The summed E-state index contributed by atoms with van der Waals surface area (Å²) >= 11 is 3.17. The lowest BCUT2D eigenvalue weighted by Crippen LogP contribution is -2.14. The van der Waals surface area contributed by atoms with E-state index in [1.54, 1.807) is 6.07 Å². The quantitative estimate of drug-likeness (QED) is 0.843. The first-order valence-corrected chi connectivity index (χ1v) is 8.38. The number of anilines is 2. The minimum Gasteiger partial charge on any atom is -0.370 e. The molecule has 1 aromatic carbocycles. The Morgan fingerprint density at radius 1 is 1.29 bits per heavy atom. The Morgan fingerprint density at radius 2 is 2.05 bits per heavy atom. The topological polar surface area (TPSA) is 71.1 Å². The third kappa shape index (κ3) is 3.92. The van der Waals surface area contributed by atoms with E-state index >= 15 is 0 Å². The second-order valence-corrected chi connectivity index (χ2v) is 6.68. The van der Waals surface area contributed by atoms with E-state index < -0.39 is 15.8 Å². The zero-order valence-electron chi connectivity index (χ0n) is 11.1. The average Bonchev–Trinajstić information content (AvgIpc) is 2.44. The van der Waals surface area contributed by atoms with Crippen molar-refractivity contribution in [3.63, 3.8) is 0 Å². The average molecular weight is 374 g/mol. The van der Waals surface area contributed by atoms with Gasteiger partial charge < -0.3 is 5.32 Å². The van der Waals surface area contributed by atoms with E-state index in [1.807, 2.05) is 6.92 Å². The Kier molecular flexibility index (Phi) is 4.79. The second-order valence-electron chi connectivity index (χ2n) is 4.14. The van der Waals surface area contributed by atoms with E-state index in [0.29, 0.717) is 16.8 Å². The van der Waals surface area contributed by atoms with Gasteiger partial charge in [0.05, 0.1) is 5.69 Å². The van der Waals surface area contributed by atoms with Gasteiger partial charge in [-0.25, -0.2) is 17.8 Å². The number of pyridine rings is 1. The van der Waals surface area contributed by atoms with Crippen LogP contribution < -0.4 is 10.0 Å². The number of halogens is 2. The van der Waals surface area contributed by atoms with Gasteiger partial charge in [0.15, 0.2) is 0 Å². The summed E-state index contributed by atoms with van der Waals surface area (Å²) in [6, 6.07) is 6.76. The molecule has 0 fully saturated rings. The van der Waals surface area contributed by atoms with Crippen molar-refractivity contribution in [2.75, 3.05) is 16.6 Å². The summed E-state index contributed by atoms with van der Waals surface area (Å²) < 4.78 is 40.4. The molecule has 0 radical (unpaired) electrons. The molecule has 2 N–H and O–H groups in total. The second kappa shape index (κ2) is 6.40. The van der Waals surface area contributed by atoms with Gasteiger partial charge in [-0.05, 0) is 53.2 Å². The number of nitrogens with zero attached hydrogens (tertiary/aromatic N) is 1. The summed E-state index contributed by atoms with van der Waals surface area (Å²) in [6.45, 7) is 2.60. The van der Waals surface area contributed by atoms with Crippen LogP contribution in [0.3, 0.4) is 0 Å².